The molecular weight excluding hydrogens is 381 g/mol. The normalized spacial score (nSPS) is 14.7. The smallest absolute Gasteiger partial charge is 0.401 e. The van der Waals surface area contributed by atoms with Crippen molar-refractivity contribution in [3.05, 3.63) is 60.2 Å². The van der Waals surface area contributed by atoms with E-state index in [1.165, 1.54) is 0 Å². The number of alkyl halides is 3. The van der Waals surface area contributed by atoms with Crippen molar-refractivity contribution in [3.8, 4) is 5.75 Å². The molecule has 2 rings (SSSR count). The van der Waals surface area contributed by atoms with E-state index in [0.29, 0.717) is 16.7 Å². The number of thioether (sulfide) groups is 1. The molecule has 2 atom stereocenters. The Morgan fingerprint density at radius 2 is 1.58 bits per heavy atom. The predicted molar refractivity (Wildman–Crippen MR) is 101 cm³/mol. The number of halogens is 3. The molecule has 0 saturated heterocycles. The lowest BCUT2D eigenvalue weighted by molar-refractivity contribution is -0.124. The van der Waals surface area contributed by atoms with Gasteiger partial charge in [-0.05, 0) is 35.2 Å². The molecule has 0 saturated carbocycles. The lowest BCUT2D eigenvalue weighted by Gasteiger charge is -2.21. The Balaban J connectivity index is 2.07. The Morgan fingerprint density at radius 3 is 2.08 bits per heavy atom. The van der Waals surface area contributed by atoms with E-state index in [2.05, 4.69) is 0 Å². The summed E-state index contributed by atoms with van der Waals surface area (Å²) in [6, 6.07) is 15.2. The van der Waals surface area contributed by atoms with Gasteiger partial charge < -0.3 is 4.18 Å². The van der Waals surface area contributed by atoms with Gasteiger partial charge in [0, 0.05) is 4.90 Å². The third-order valence-corrected chi connectivity index (χ3v) is 6.04. The van der Waals surface area contributed by atoms with Crippen LogP contribution in [0.3, 0.4) is 0 Å². The third-order valence-electron chi connectivity index (χ3n) is 3.58. The highest BCUT2D eigenvalue weighted by Crippen LogP contribution is 2.36. The zero-order valence-corrected chi connectivity index (χ0v) is 16.4. The molecule has 0 heterocycles. The van der Waals surface area contributed by atoms with E-state index < -0.39 is 28.3 Å². The maximum absolute atomic E-state index is 13.4. The predicted octanol–water partition coefficient (Wildman–Crippen LogP) is 5.75. The minimum atomic E-state index is -4.48. The first-order chi connectivity index (χ1) is 12.1. The van der Waals surface area contributed by atoms with Crippen LogP contribution in [-0.2, 0) is 16.5 Å². The van der Waals surface area contributed by atoms with Gasteiger partial charge >= 0.3 is 6.18 Å². The fraction of sp³-hybridized carbons (Fsp3) is 0.368. The zero-order chi connectivity index (χ0) is 19.4. The standard InChI is InChI=1S/C19H21F3O2S2/c1-18(2,3)14-9-11-16(12-10-14)25-17(19(20,21)22)13-26(23)24-15-7-5-4-6-8-15/h4-12,17H,13H2,1-3H3/t17-,26?/m1/s1. The molecule has 0 radical (unpaired) electrons. The number of benzene rings is 2. The van der Waals surface area contributed by atoms with Crippen LogP contribution >= 0.6 is 11.8 Å². The Hall–Kier alpha value is -1.47. The Kier molecular flexibility index (Phi) is 6.80. The van der Waals surface area contributed by atoms with Crippen molar-refractivity contribution < 1.29 is 21.6 Å². The summed E-state index contributed by atoms with van der Waals surface area (Å²) in [5, 5.41) is -1.81. The van der Waals surface area contributed by atoms with E-state index in [-0.39, 0.29) is 11.2 Å². The highest BCUT2D eigenvalue weighted by atomic mass is 32.2. The topological polar surface area (TPSA) is 26.3 Å². The first-order valence-electron chi connectivity index (χ1n) is 8.01. The highest BCUT2D eigenvalue weighted by Gasteiger charge is 2.42. The third kappa shape index (κ3) is 6.36. The first-order valence-corrected chi connectivity index (χ1v) is 10.1. The van der Waals surface area contributed by atoms with Crippen LogP contribution in [0.25, 0.3) is 0 Å². The molecule has 0 aliphatic carbocycles. The van der Waals surface area contributed by atoms with Crippen LogP contribution in [-0.4, -0.2) is 21.4 Å². The lowest BCUT2D eigenvalue weighted by atomic mass is 9.87. The minimum absolute atomic E-state index is 0.0718. The van der Waals surface area contributed by atoms with Gasteiger partial charge in [-0.2, -0.15) is 13.2 Å². The molecule has 1 unspecified atom stereocenters. The summed E-state index contributed by atoms with van der Waals surface area (Å²) in [5.74, 6) is -0.351. The van der Waals surface area contributed by atoms with Crippen molar-refractivity contribution in [3.63, 3.8) is 0 Å². The molecule has 26 heavy (non-hydrogen) atoms. The number of hydrogen-bond acceptors (Lipinski definition) is 3. The molecule has 2 aromatic rings. The minimum Gasteiger partial charge on any atom is -0.401 e. The van der Waals surface area contributed by atoms with Crippen LogP contribution in [0.4, 0.5) is 13.2 Å². The van der Waals surface area contributed by atoms with Crippen molar-refractivity contribution in [2.75, 3.05) is 5.75 Å². The highest BCUT2D eigenvalue weighted by molar-refractivity contribution is 8.00. The van der Waals surface area contributed by atoms with Crippen molar-refractivity contribution in [1.82, 2.24) is 0 Å². The van der Waals surface area contributed by atoms with Gasteiger partial charge in [0.15, 0.2) is 0 Å². The summed E-state index contributed by atoms with van der Waals surface area (Å²) >= 11 is -1.42. The fourth-order valence-corrected chi connectivity index (χ4v) is 4.32. The maximum atomic E-state index is 13.4. The molecule has 0 spiro atoms. The van der Waals surface area contributed by atoms with Gasteiger partial charge in [-0.1, -0.05) is 51.1 Å². The second kappa shape index (κ2) is 8.48. The summed E-state index contributed by atoms with van der Waals surface area (Å²) in [4.78, 5) is 0.483. The van der Waals surface area contributed by atoms with Crippen molar-refractivity contribution in [2.24, 2.45) is 0 Å². The molecule has 2 aromatic carbocycles. The fourth-order valence-electron chi connectivity index (χ4n) is 2.13. The van der Waals surface area contributed by atoms with Crippen LogP contribution in [0.15, 0.2) is 59.5 Å². The largest absolute Gasteiger partial charge is 0.401 e. The van der Waals surface area contributed by atoms with E-state index in [9.17, 15) is 17.4 Å². The van der Waals surface area contributed by atoms with Gasteiger partial charge in [-0.25, -0.2) is 4.21 Å². The Labute approximate surface area is 158 Å². The van der Waals surface area contributed by atoms with E-state index in [1.807, 2.05) is 32.9 Å². The molecule has 7 heteroatoms. The number of hydrogen-bond donors (Lipinski definition) is 0. The molecule has 0 bridgehead atoms. The quantitative estimate of drug-likeness (QED) is 0.576. The van der Waals surface area contributed by atoms with Crippen molar-refractivity contribution in [2.45, 2.75) is 42.5 Å². The Bertz CT molecular complexity index is 723. The van der Waals surface area contributed by atoms with Crippen LogP contribution < -0.4 is 4.18 Å². The van der Waals surface area contributed by atoms with Crippen LogP contribution in [0.5, 0.6) is 5.75 Å². The maximum Gasteiger partial charge on any atom is 0.401 e. The molecule has 0 fully saturated rings. The summed E-state index contributed by atoms with van der Waals surface area (Å²) in [6.45, 7) is 6.12. The average Bonchev–Trinajstić information content (AvgIpc) is 2.54. The Morgan fingerprint density at radius 1 is 1.00 bits per heavy atom. The summed E-state index contributed by atoms with van der Waals surface area (Å²) in [7, 11) is 0. The van der Waals surface area contributed by atoms with Gasteiger partial charge in [0.2, 0.25) is 11.1 Å². The molecule has 0 N–H and O–H groups in total. The second-order valence-corrected chi connectivity index (χ2v) is 9.17. The molecule has 0 aliphatic heterocycles. The van der Waals surface area contributed by atoms with Gasteiger partial charge in [-0.3, -0.25) is 0 Å². The van der Waals surface area contributed by atoms with Gasteiger partial charge in [0.1, 0.15) is 11.0 Å². The van der Waals surface area contributed by atoms with Gasteiger partial charge in [0.25, 0.3) is 0 Å². The van der Waals surface area contributed by atoms with Crippen LogP contribution in [0.1, 0.15) is 26.3 Å². The van der Waals surface area contributed by atoms with Crippen molar-refractivity contribution >= 4 is 22.8 Å². The molecule has 0 amide bonds. The van der Waals surface area contributed by atoms with E-state index in [1.54, 1.807) is 42.5 Å². The SMILES string of the molecule is CC(C)(C)c1ccc(S[C@H](CS(=O)Oc2ccccc2)C(F)(F)F)cc1. The van der Waals surface area contributed by atoms with E-state index in [4.69, 9.17) is 4.18 Å². The van der Waals surface area contributed by atoms with E-state index in [0.717, 1.165) is 5.56 Å². The average molecular weight is 403 g/mol. The monoisotopic (exact) mass is 402 g/mol. The molecule has 142 valence electrons. The first kappa shape index (κ1) is 20.8. The van der Waals surface area contributed by atoms with Gasteiger partial charge in [0.05, 0.1) is 5.75 Å². The van der Waals surface area contributed by atoms with Crippen LogP contribution in [0.2, 0.25) is 0 Å². The number of rotatable bonds is 6. The van der Waals surface area contributed by atoms with Crippen LogP contribution in [0, 0.1) is 0 Å². The molecule has 0 aliphatic rings. The van der Waals surface area contributed by atoms with E-state index >= 15 is 0 Å². The zero-order valence-electron chi connectivity index (χ0n) is 14.7. The summed E-state index contributed by atoms with van der Waals surface area (Å²) in [6.07, 6.45) is -4.48. The molecule has 2 nitrogen and oxygen atoms in total. The molecule has 0 aromatic heterocycles. The second-order valence-electron chi connectivity index (χ2n) is 6.79. The number of para-hydroxylation sites is 1. The van der Waals surface area contributed by atoms with Crippen molar-refractivity contribution in [1.29, 1.82) is 0 Å². The molecular formula is C19H21F3O2S2. The van der Waals surface area contributed by atoms with Gasteiger partial charge in [-0.15, -0.1) is 11.8 Å². The lowest BCUT2D eigenvalue weighted by Crippen LogP contribution is -2.32. The summed E-state index contributed by atoms with van der Waals surface area (Å²) in [5.41, 5.74) is 0.971. The summed E-state index contributed by atoms with van der Waals surface area (Å²) < 4.78 is 57.2.